The van der Waals surface area contributed by atoms with Crippen LogP contribution in [0.4, 0.5) is 10.1 Å². The predicted molar refractivity (Wildman–Crippen MR) is 70.9 cm³/mol. The van der Waals surface area contributed by atoms with Gasteiger partial charge in [-0.25, -0.2) is 4.39 Å². The Hall–Kier alpha value is -1.78. The lowest BCUT2D eigenvalue weighted by Gasteiger charge is -2.28. The summed E-state index contributed by atoms with van der Waals surface area (Å²) in [6.45, 7) is 2.72. The molecule has 0 N–H and O–H groups in total. The van der Waals surface area contributed by atoms with Crippen LogP contribution in [-0.2, 0) is 0 Å². The SMILES string of the molecule is CN1CCC(COc2ccc(F)cc2N=[N+]=[N-])CC1. The molecule has 19 heavy (non-hydrogen) atoms. The summed E-state index contributed by atoms with van der Waals surface area (Å²) < 4.78 is 18.7. The van der Waals surface area contributed by atoms with E-state index in [1.807, 2.05) is 0 Å². The molecule has 2 rings (SSSR count). The van der Waals surface area contributed by atoms with Gasteiger partial charge in [0.15, 0.2) is 0 Å². The average molecular weight is 264 g/mol. The van der Waals surface area contributed by atoms with E-state index in [0.717, 1.165) is 25.9 Å². The second-order valence-corrected chi connectivity index (χ2v) is 4.86. The zero-order valence-corrected chi connectivity index (χ0v) is 10.9. The molecule has 0 saturated carbocycles. The van der Waals surface area contributed by atoms with Crippen LogP contribution in [0, 0.1) is 11.7 Å². The molecule has 5 nitrogen and oxygen atoms in total. The van der Waals surface area contributed by atoms with Gasteiger partial charge < -0.3 is 9.64 Å². The van der Waals surface area contributed by atoms with Gasteiger partial charge in [-0.15, -0.1) is 0 Å². The minimum absolute atomic E-state index is 0.204. The van der Waals surface area contributed by atoms with E-state index in [-0.39, 0.29) is 5.69 Å². The Morgan fingerprint density at radius 3 is 2.89 bits per heavy atom. The summed E-state index contributed by atoms with van der Waals surface area (Å²) in [5.41, 5.74) is 8.66. The molecule has 6 heteroatoms. The third-order valence-corrected chi connectivity index (χ3v) is 3.39. The van der Waals surface area contributed by atoms with Gasteiger partial charge in [0.2, 0.25) is 0 Å². The standard InChI is InChI=1S/C13H17FN4O/c1-18-6-4-10(5-7-18)9-19-13-3-2-11(14)8-12(13)16-17-15/h2-3,8,10H,4-7,9H2,1H3. The van der Waals surface area contributed by atoms with Crippen LogP contribution in [0.25, 0.3) is 10.4 Å². The highest BCUT2D eigenvalue weighted by Crippen LogP contribution is 2.29. The van der Waals surface area contributed by atoms with Gasteiger partial charge in [-0.1, -0.05) is 5.11 Å². The first-order valence-corrected chi connectivity index (χ1v) is 6.35. The predicted octanol–water partition coefficient (Wildman–Crippen LogP) is 3.49. The molecule has 1 aromatic carbocycles. The lowest BCUT2D eigenvalue weighted by atomic mass is 9.98. The first kappa shape index (κ1) is 13.6. The molecule has 102 valence electrons. The van der Waals surface area contributed by atoms with Crippen molar-refractivity contribution in [1.82, 2.24) is 4.90 Å². The monoisotopic (exact) mass is 264 g/mol. The smallest absolute Gasteiger partial charge is 0.129 e. The molecule has 0 aromatic heterocycles. The van der Waals surface area contributed by atoms with Crippen LogP contribution in [0.1, 0.15) is 12.8 Å². The van der Waals surface area contributed by atoms with Crippen molar-refractivity contribution in [1.29, 1.82) is 0 Å². The van der Waals surface area contributed by atoms with Gasteiger partial charge in [-0.05, 0) is 62.6 Å². The van der Waals surface area contributed by atoms with Crippen LogP contribution in [0.15, 0.2) is 23.3 Å². The highest BCUT2D eigenvalue weighted by Gasteiger charge is 2.17. The van der Waals surface area contributed by atoms with Crippen molar-refractivity contribution < 1.29 is 9.13 Å². The van der Waals surface area contributed by atoms with Crippen molar-refractivity contribution in [2.24, 2.45) is 11.0 Å². The maximum atomic E-state index is 13.1. The lowest BCUT2D eigenvalue weighted by molar-refractivity contribution is 0.160. The van der Waals surface area contributed by atoms with Gasteiger partial charge in [-0.3, -0.25) is 0 Å². The van der Waals surface area contributed by atoms with E-state index < -0.39 is 5.82 Å². The molecule has 0 spiro atoms. The molecule has 1 heterocycles. The van der Waals surface area contributed by atoms with Gasteiger partial charge in [0, 0.05) is 4.91 Å². The number of rotatable bonds is 4. The number of nitrogens with zero attached hydrogens (tertiary/aromatic N) is 4. The third-order valence-electron chi connectivity index (χ3n) is 3.39. The Bertz CT molecular complexity index is 480. The molecule has 1 aromatic rings. The third kappa shape index (κ3) is 3.84. The number of halogens is 1. The Kier molecular flexibility index (Phi) is 4.60. The second kappa shape index (κ2) is 6.41. The Labute approximate surface area is 111 Å². The fourth-order valence-corrected chi connectivity index (χ4v) is 2.18. The molecule has 0 aliphatic carbocycles. The number of hydrogen-bond acceptors (Lipinski definition) is 3. The molecule has 0 bridgehead atoms. The van der Waals surface area contributed by atoms with Crippen LogP contribution in [0.2, 0.25) is 0 Å². The first-order valence-electron chi connectivity index (χ1n) is 6.35. The summed E-state index contributed by atoms with van der Waals surface area (Å²) in [6.07, 6.45) is 2.18. The molecule has 1 aliphatic heterocycles. The number of azide groups is 1. The maximum absolute atomic E-state index is 13.1. The number of likely N-dealkylation sites (tertiary alicyclic amines) is 1. The summed E-state index contributed by atoms with van der Waals surface area (Å²) in [5.74, 6) is 0.507. The van der Waals surface area contributed by atoms with Crippen molar-refractivity contribution in [3.05, 3.63) is 34.5 Å². The zero-order valence-electron chi connectivity index (χ0n) is 10.9. The van der Waals surface area contributed by atoms with E-state index in [2.05, 4.69) is 22.0 Å². The Balaban J connectivity index is 1.97. The lowest BCUT2D eigenvalue weighted by Crippen LogP contribution is -2.32. The van der Waals surface area contributed by atoms with Gasteiger partial charge in [0.05, 0.1) is 12.3 Å². The van der Waals surface area contributed by atoms with Gasteiger partial charge in [0.25, 0.3) is 0 Å². The summed E-state index contributed by atoms with van der Waals surface area (Å²) in [4.78, 5) is 4.98. The van der Waals surface area contributed by atoms with Gasteiger partial charge in [-0.2, -0.15) is 0 Å². The van der Waals surface area contributed by atoms with E-state index in [9.17, 15) is 4.39 Å². The quantitative estimate of drug-likeness (QED) is 0.474. The summed E-state index contributed by atoms with van der Waals surface area (Å²) in [7, 11) is 2.11. The van der Waals surface area contributed by atoms with Crippen molar-refractivity contribution in [3.8, 4) is 5.75 Å². The highest BCUT2D eigenvalue weighted by atomic mass is 19.1. The van der Waals surface area contributed by atoms with Crippen LogP contribution in [0.5, 0.6) is 5.75 Å². The van der Waals surface area contributed by atoms with E-state index in [1.165, 1.54) is 18.2 Å². The number of hydrogen-bond donors (Lipinski definition) is 0. The van der Waals surface area contributed by atoms with Crippen LogP contribution in [0.3, 0.4) is 0 Å². The van der Waals surface area contributed by atoms with Gasteiger partial charge >= 0.3 is 0 Å². The summed E-state index contributed by atoms with van der Waals surface area (Å²) >= 11 is 0. The van der Waals surface area contributed by atoms with E-state index in [1.54, 1.807) is 0 Å². The molecular formula is C13H17FN4O. The van der Waals surface area contributed by atoms with Gasteiger partial charge in [0.1, 0.15) is 11.6 Å². The van der Waals surface area contributed by atoms with Crippen molar-refractivity contribution in [2.45, 2.75) is 12.8 Å². The molecule has 1 fully saturated rings. The topological polar surface area (TPSA) is 61.2 Å². The second-order valence-electron chi connectivity index (χ2n) is 4.86. The van der Waals surface area contributed by atoms with Crippen molar-refractivity contribution >= 4 is 5.69 Å². The molecule has 1 aliphatic rings. The van der Waals surface area contributed by atoms with E-state index >= 15 is 0 Å². The van der Waals surface area contributed by atoms with Crippen molar-refractivity contribution in [2.75, 3.05) is 26.7 Å². The zero-order chi connectivity index (χ0) is 13.7. The molecule has 1 saturated heterocycles. The highest BCUT2D eigenvalue weighted by molar-refractivity contribution is 5.51. The maximum Gasteiger partial charge on any atom is 0.129 e. The van der Waals surface area contributed by atoms with E-state index in [0.29, 0.717) is 18.3 Å². The molecule has 0 radical (unpaired) electrons. The minimum Gasteiger partial charge on any atom is -0.493 e. The fourth-order valence-electron chi connectivity index (χ4n) is 2.18. The molecule has 0 unspecified atom stereocenters. The fraction of sp³-hybridized carbons (Fsp3) is 0.538. The number of piperidine rings is 1. The van der Waals surface area contributed by atoms with E-state index in [4.69, 9.17) is 10.3 Å². The van der Waals surface area contributed by atoms with Crippen LogP contribution < -0.4 is 4.74 Å². The molecule has 0 atom stereocenters. The average Bonchev–Trinajstić information content (AvgIpc) is 2.40. The Morgan fingerprint density at radius 2 is 2.21 bits per heavy atom. The van der Waals surface area contributed by atoms with Crippen LogP contribution in [-0.4, -0.2) is 31.6 Å². The largest absolute Gasteiger partial charge is 0.493 e. The molecular weight excluding hydrogens is 247 g/mol. The van der Waals surface area contributed by atoms with Crippen molar-refractivity contribution in [3.63, 3.8) is 0 Å². The summed E-state index contributed by atoms with van der Waals surface area (Å²) in [5, 5.41) is 3.45. The molecule has 0 amide bonds. The summed E-state index contributed by atoms with van der Waals surface area (Å²) in [6, 6.07) is 4.00. The number of benzene rings is 1. The van der Waals surface area contributed by atoms with Crippen LogP contribution >= 0.6 is 0 Å². The normalized spacial score (nSPS) is 16.9. The number of ether oxygens (including phenoxy) is 1. The first-order chi connectivity index (χ1) is 9.19. The minimum atomic E-state index is -0.436. The Morgan fingerprint density at radius 1 is 1.47 bits per heavy atom.